The van der Waals surface area contributed by atoms with Gasteiger partial charge in [0.15, 0.2) is 10.3 Å². The maximum Gasteiger partial charge on any atom is 0.248 e. The van der Waals surface area contributed by atoms with Crippen LogP contribution in [0, 0.1) is 13.8 Å². The topological polar surface area (TPSA) is 129 Å². The van der Waals surface area contributed by atoms with Crippen LogP contribution in [-0.4, -0.2) is 42.3 Å². The maximum atomic E-state index is 12.3. The van der Waals surface area contributed by atoms with E-state index in [9.17, 15) is 9.59 Å². The normalized spacial score (nSPS) is 10.7. The zero-order valence-corrected chi connectivity index (χ0v) is 19.4. The van der Waals surface area contributed by atoms with Crippen molar-refractivity contribution in [2.24, 2.45) is 5.73 Å². The zero-order valence-electron chi connectivity index (χ0n) is 17.7. The third-order valence-corrected chi connectivity index (χ3v) is 5.99. The number of nitrogens with zero attached hydrogens (tertiary/aromatic N) is 5. The first-order valence-electron chi connectivity index (χ1n) is 9.66. The number of amides is 2. The van der Waals surface area contributed by atoms with Gasteiger partial charge in [-0.15, -0.1) is 16.8 Å². The standard InChI is InChI=1S/C21H23N7O2S2/c1-4-9-28-17(11-31-20-23-13(2)10-14(3)24-20)26-27-21(28)32-12-18(29)25-16-7-5-15(6-8-16)19(22)30/h4-8,10H,1,9,11-12H2,2-3H3,(H2,22,30)(H,25,29). The van der Waals surface area contributed by atoms with Crippen LogP contribution in [0.2, 0.25) is 0 Å². The fourth-order valence-electron chi connectivity index (χ4n) is 2.78. The highest BCUT2D eigenvalue weighted by Gasteiger charge is 2.15. The van der Waals surface area contributed by atoms with Gasteiger partial charge in [-0.2, -0.15) is 0 Å². The minimum atomic E-state index is -0.516. The van der Waals surface area contributed by atoms with Crippen molar-refractivity contribution in [3.05, 3.63) is 65.8 Å². The molecule has 0 unspecified atom stereocenters. The van der Waals surface area contributed by atoms with E-state index in [-0.39, 0.29) is 11.7 Å². The molecule has 0 saturated heterocycles. The molecule has 2 heterocycles. The number of nitrogens with one attached hydrogen (secondary N) is 1. The van der Waals surface area contributed by atoms with E-state index in [0.717, 1.165) is 17.2 Å². The minimum Gasteiger partial charge on any atom is -0.366 e. The Hall–Kier alpha value is -3.18. The summed E-state index contributed by atoms with van der Waals surface area (Å²) in [4.78, 5) is 32.3. The van der Waals surface area contributed by atoms with Crippen molar-refractivity contribution < 1.29 is 9.59 Å². The summed E-state index contributed by atoms with van der Waals surface area (Å²) in [5.74, 6) is 0.735. The van der Waals surface area contributed by atoms with E-state index in [0.29, 0.717) is 33.9 Å². The van der Waals surface area contributed by atoms with Crippen molar-refractivity contribution in [2.45, 2.75) is 36.5 Å². The second-order valence-corrected chi connectivity index (χ2v) is 8.68. The highest BCUT2D eigenvalue weighted by molar-refractivity contribution is 7.99. The van der Waals surface area contributed by atoms with Gasteiger partial charge in [-0.25, -0.2) is 9.97 Å². The largest absolute Gasteiger partial charge is 0.366 e. The number of rotatable bonds is 10. The number of aryl methyl sites for hydroxylation is 2. The number of carbonyl (C=O) groups is 2. The molecule has 0 atom stereocenters. The van der Waals surface area contributed by atoms with E-state index >= 15 is 0 Å². The predicted molar refractivity (Wildman–Crippen MR) is 126 cm³/mol. The molecule has 0 aliphatic carbocycles. The highest BCUT2D eigenvalue weighted by Crippen LogP contribution is 2.23. The van der Waals surface area contributed by atoms with E-state index < -0.39 is 5.91 Å². The lowest BCUT2D eigenvalue weighted by molar-refractivity contribution is -0.113. The second kappa shape index (κ2) is 10.9. The molecular weight excluding hydrogens is 446 g/mol. The van der Waals surface area contributed by atoms with Crippen molar-refractivity contribution in [1.82, 2.24) is 24.7 Å². The molecule has 0 fully saturated rings. The Kier molecular flexibility index (Phi) is 8.01. The van der Waals surface area contributed by atoms with Gasteiger partial charge in [0.2, 0.25) is 11.8 Å². The monoisotopic (exact) mass is 469 g/mol. The lowest BCUT2D eigenvalue weighted by atomic mass is 10.2. The predicted octanol–water partition coefficient (Wildman–Crippen LogP) is 2.99. The molecule has 3 N–H and O–H groups in total. The number of hydrogen-bond acceptors (Lipinski definition) is 8. The summed E-state index contributed by atoms with van der Waals surface area (Å²) in [6, 6.07) is 8.32. The van der Waals surface area contributed by atoms with E-state index in [1.165, 1.54) is 23.5 Å². The van der Waals surface area contributed by atoms with Crippen LogP contribution in [-0.2, 0) is 17.1 Å². The van der Waals surface area contributed by atoms with Crippen LogP contribution < -0.4 is 11.1 Å². The summed E-state index contributed by atoms with van der Waals surface area (Å²) >= 11 is 2.77. The van der Waals surface area contributed by atoms with Gasteiger partial charge in [-0.05, 0) is 44.2 Å². The Balaban J connectivity index is 1.61. The van der Waals surface area contributed by atoms with Crippen LogP contribution in [0.4, 0.5) is 5.69 Å². The van der Waals surface area contributed by atoms with Crippen molar-refractivity contribution in [3.8, 4) is 0 Å². The number of anilines is 1. The molecular formula is C21H23N7O2S2. The number of carbonyl (C=O) groups excluding carboxylic acids is 2. The first kappa shape index (κ1) is 23.5. The third kappa shape index (κ3) is 6.41. The summed E-state index contributed by atoms with van der Waals surface area (Å²) < 4.78 is 1.92. The lowest BCUT2D eigenvalue weighted by Crippen LogP contribution is -2.15. The Morgan fingerprint density at radius 1 is 1.12 bits per heavy atom. The quantitative estimate of drug-likeness (QED) is 0.263. The smallest absolute Gasteiger partial charge is 0.248 e. The van der Waals surface area contributed by atoms with Gasteiger partial charge in [0.1, 0.15) is 5.82 Å². The van der Waals surface area contributed by atoms with Gasteiger partial charge < -0.3 is 15.6 Å². The molecule has 0 aliphatic rings. The molecule has 0 saturated carbocycles. The average molecular weight is 470 g/mol. The Morgan fingerprint density at radius 3 is 2.44 bits per heavy atom. The molecule has 1 aromatic carbocycles. The number of nitrogens with two attached hydrogens (primary N) is 1. The van der Waals surface area contributed by atoms with Gasteiger partial charge in [0.05, 0.1) is 11.5 Å². The van der Waals surface area contributed by atoms with Crippen molar-refractivity contribution >= 4 is 41.0 Å². The van der Waals surface area contributed by atoms with Crippen LogP contribution in [0.25, 0.3) is 0 Å². The molecule has 166 valence electrons. The van der Waals surface area contributed by atoms with Gasteiger partial charge in [-0.1, -0.05) is 29.6 Å². The number of aromatic nitrogens is 5. The zero-order chi connectivity index (χ0) is 23.1. The summed E-state index contributed by atoms with van der Waals surface area (Å²) in [6.45, 7) is 8.19. The number of benzene rings is 1. The van der Waals surface area contributed by atoms with Crippen LogP contribution in [0.15, 0.2) is 53.3 Å². The Bertz CT molecular complexity index is 1110. The van der Waals surface area contributed by atoms with E-state index in [4.69, 9.17) is 5.73 Å². The Morgan fingerprint density at radius 2 is 1.81 bits per heavy atom. The number of primary amides is 1. The molecule has 32 heavy (non-hydrogen) atoms. The van der Waals surface area contributed by atoms with Gasteiger partial charge in [0.25, 0.3) is 0 Å². The second-order valence-electron chi connectivity index (χ2n) is 6.80. The SMILES string of the molecule is C=CCn1c(CSc2nc(C)cc(C)n2)nnc1SCC(=O)Nc1ccc(C(N)=O)cc1. The first-order valence-corrected chi connectivity index (χ1v) is 11.6. The van der Waals surface area contributed by atoms with E-state index in [1.54, 1.807) is 30.3 Å². The van der Waals surface area contributed by atoms with Crippen LogP contribution in [0.5, 0.6) is 0 Å². The lowest BCUT2D eigenvalue weighted by Gasteiger charge is -2.08. The fraction of sp³-hybridized carbons (Fsp3) is 0.238. The number of hydrogen-bond donors (Lipinski definition) is 2. The van der Waals surface area contributed by atoms with E-state index in [2.05, 4.69) is 32.1 Å². The first-order chi connectivity index (χ1) is 15.4. The maximum absolute atomic E-state index is 12.3. The van der Waals surface area contributed by atoms with Gasteiger partial charge >= 0.3 is 0 Å². The molecule has 0 spiro atoms. The Labute approximate surface area is 194 Å². The van der Waals surface area contributed by atoms with Gasteiger partial charge in [0, 0.05) is 29.2 Å². The van der Waals surface area contributed by atoms with Crippen molar-refractivity contribution in [3.63, 3.8) is 0 Å². The summed E-state index contributed by atoms with van der Waals surface area (Å²) in [5.41, 5.74) is 8.02. The summed E-state index contributed by atoms with van der Waals surface area (Å²) in [7, 11) is 0. The highest BCUT2D eigenvalue weighted by atomic mass is 32.2. The molecule has 3 aromatic rings. The van der Waals surface area contributed by atoms with Crippen molar-refractivity contribution in [2.75, 3.05) is 11.1 Å². The average Bonchev–Trinajstić information content (AvgIpc) is 3.12. The molecule has 0 radical (unpaired) electrons. The third-order valence-electron chi connectivity index (χ3n) is 4.18. The molecule has 0 bridgehead atoms. The number of allylic oxidation sites excluding steroid dienone is 1. The van der Waals surface area contributed by atoms with Crippen LogP contribution >= 0.6 is 23.5 Å². The number of thioether (sulfide) groups is 2. The summed E-state index contributed by atoms with van der Waals surface area (Å²) in [6.07, 6.45) is 1.76. The van der Waals surface area contributed by atoms with Crippen LogP contribution in [0.3, 0.4) is 0 Å². The molecule has 0 aliphatic heterocycles. The fourth-order valence-corrected chi connectivity index (χ4v) is 4.43. The van der Waals surface area contributed by atoms with Crippen LogP contribution in [0.1, 0.15) is 27.6 Å². The molecule has 2 amide bonds. The van der Waals surface area contributed by atoms with Crippen molar-refractivity contribution in [1.29, 1.82) is 0 Å². The summed E-state index contributed by atoms with van der Waals surface area (Å²) in [5, 5.41) is 12.6. The van der Waals surface area contributed by atoms with Gasteiger partial charge in [-0.3, -0.25) is 9.59 Å². The molecule has 11 heteroatoms. The molecule has 2 aromatic heterocycles. The molecule has 3 rings (SSSR count). The minimum absolute atomic E-state index is 0.153. The molecule has 9 nitrogen and oxygen atoms in total. The van der Waals surface area contributed by atoms with E-state index in [1.807, 2.05) is 24.5 Å².